The number of hydrogen-bond acceptors (Lipinski definition) is 7. The highest BCUT2D eigenvalue weighted by Crippen LogP contribution is 2.36. The minimum absolute atomic E-state index is 0.145. The number of para-hydroxylation sites is 1. The van der Waals surface area contributed by atoms with E-state index in [4.69, 9.17) is 26.1 Å². The number of aliphatic imine (C=N–C) groups is 2. The summed E-state index contributed by atoms with van der Waals surface area (Å²) in [6, 6.07) is 20.3. The van der Waals surface area contributed by atoms with Crippen LogP contribution in [0.15, 0.2) is 76.7 Å². The van der Waals surface area contributed by atoms with Crippen molar-refractivity contribution in [2.45, 2.75) is 31.2 Å². The normalized spacial score (nSPS) is 17.0. The quantitative estimate of drug-likeness (QED) is 0.445. The lowest BCUT2D eigenvalue weighted by Crippen LogP contribution is -2.44. The summed E-state index contributed by atoms with van der Waals surface area (Å²) in [7, 11) is 0. The molecule has 0 saturated heterocycles. The molecular weight excluding hydrogens is 524 g/mol. The molecule has 1 atom stereocenters. The third kappa shape index (κ3) is 4.99. The van der Waals surface area contributed by atoms with Gasteiger partial charge in [-0.3, -0.25) is 14.5 Å². The zero-order valence-electron chi connectivity index (χ0n) is 20.2. The largest absolute Gasteiger partial charge is 0.454 e. The molecule has 0 saturated carbocycles. The number of hydrogen-bond donors (Lipinski definition) is 1. The van der Waals surface area contributed by atoms with Crippen LogP contribution >= 0.6 is 23.4 Å². The number of carbonyl (C=O) groups excluding carboxylic acids is 2. The number of nitrogens with one attached hydrogen (secondary N) is 1. The Balaban J connectivity index is 1.14. The highest BCUT2D eigenvalue weighted by molar-refractivity contribution is 8.13. The van der Waals surface area contributed by atoms with E-state index in [2.05, 4.69) is 10.3 Å². The fourth-order valence-corrected chi connectivity index (χ4v) is 5.64. The highest BCUT2D eigenvalue weighted by Gasteiger charge is 2.41. The van der Waals surface area contributed by atoms with Crippen LogP contribution in [0, 0.1) is 0 Å². The summed E-state index contributed by atoms with van der Waals surface area (Å²) in [4.78, 5) is 36.9. The van der Waals surface area contributed by atoms with Gasteiger partial charge in [-0.05, 0) is 53.9 Å². The summed E-state index contributed by atoms with van der Waals surface area (Å²) in [6.45, 7) is 0.561. The van der Waals surface area contributed by atoms with Crippen molar-refractivity contribution in [2.75, 3.05) is 6.79 Å². The molecule has 1 unspecified atom stereocenters. The van der Waals surface area contributed by atoms with E-state index in [-0.39, 0.29) is 25.0 Å². The average molecular weight is 547 g/mol. The summed E-state index contributed by atoms with van der Waals surface area (Å²) >= 11 is 7.56. The first-order valence-corrected chi connectivity index (χ1v) is 13.5. The molecule has 192 valence electrons. The summed E-state index contributed by atoms with van der Waals surface area (Å²) in [5, 5.41) is 4.30. The van der Waals surface area contributed by atoms with Crippen molar-refractivity contribution in [1.82, 2.24) is 10.2 Å². The van der Waals surface area contributed by atoms with Crippen LogP contribution < -0.4 is 14.8 Å². The van der Waals surface area contributed by atoms with Gasteiger partial charge >= 0.3 is 0 Å². The zero-order chi connectivity index (χ0) is 26.1. The minimum Gasteiger partial charge on any atom is -0.454 e. The maximum atomic E-state index is 13.0. The Hall–Kier alpha value is -3.82. The molecule has 0 radical (unpaired) electrons. The maximum Gasteiger partial charge on any atom is 0.270 e. The molecule has 38 heavy (non-hydrogen) atoms. The summed E-state index contributed by atoms with van der Waals surface area (Å²) in [5.41, 5.74) is 3.58. The molecule has 0 aromatic heterocycles. The second-order valence-electron chi connectivity index (χ2n) is 8.99. The van der Waals surface area contributed by atoms with E-state index in [0.29, 0.717) is 46.2 Å². The number of halogens is 1. The van der Waals surface area contributed by atoms with Crippen molar-refractivity contribution in [2.24, 2.45) is 9.98 Å². The van der Waals surface area contributed by atoms with Crippen LogP contribution in [-0.4, -0.2) is 40.6 Å². The van der Waals surface area contributed by atoms with Crippen molar-refractivity contribution >= 4 is 51.9 Å². The van der Waals surface area contributed by atoms with Crippen molar-refractivity contribution in [3.63, 3.8) is 0 Å². The third-order valence-corrected chi connectivity index (χ3v) is 7.74. The second kappa shape index (κ2) is 10.5. The van der Waals surface area contributed by atoms with Crippen LogP contribution in [0.25, 0.3) is 0 Å². The zero-order valence-corrected chi connectivity index (χ0v) is 21.8. The Morgan fingerprint density at radius 3 is 2.68 bits per heavy atom. The van der Waals surface area contributed by atoms with Crippen LogP contribution in [0.3, 0.4) is 0 Å². The Kier molecular flexibility index (Phi) is 6.78. The highest BCUT2D eigenvalue weighted by atomic mass is 35.5. The van der Waals surface area contributed by atoms with Gasteiger partial charge in [-0.1, -0.05) is 53.7 Å². The van der Waals surface area contributed by atoms with Gasteiger partial charge in [0.1, 0.15) is 11.9 Å². The molecule has 0 fully saturated rings. The third-order valence-electron chi connectivity index (χ3n) is 6.46. The lowest BCUT2D eigenvalue weighted by atomic mass is 10.1. The molecule has 8 nitrogen and oxygen atoms in total. The van der Waals surface area contributed by atoms with E-state index in [1.165, 1.54) is 11.8 Å². The van der Waals surface area contributed by atoms with Crippen molar-refractivity contribution < 1.29 is 19.1 Å². The van der Waals surface area contributed by atoms with Crippen LogP contribution in [0.1, 0.15) is 29.5 Å². The molecule has 10 heteroatoms. The molecule has 3 aliphatic rings. The smallest absolute Gasteiger partial charge is 0.270 e. The molecule has 3 aromatic rings. The van der Waals surface area contributed by atoms with Gasteiger partial charge in [-0.25, -0.2) is 4.99 Å². The van der Waals surface area contributed by atoms with Crippen LogP contribution in [0.4, 0.5) is 5.69 Å². The molecule has 3 aromatic carbocycles. The van der Waals surface area contributed by atoms with Gasteiger partial charge < -0.3 is 14.8 Å². The van der Waals surface area contributed by atoms with E-state index in [0.717, 1.165) is 22.4 Å². The summed E-state index contributed by atoms with van der Waals surface area (Å²) in [6.07, 6.45) is 0.499. The topological polar surface area (TPSA) is 92.6 Å². The van der Waals surface area contributed by atoms with E-state index >= 15 is 0 Å². The molecule has 3 heterocycles. The van der Waals surface area contributed by atoms with Gasteiger partial charge in [0.05, 0.1) is 5.69 Å². The Morgan fingerprint density at radius 2 is 1.82 bits per heavy atom. The van der Waals surface area contributed by atoms with Gasteiger partial charge in [0.15, 0.2) is 16.7 Å². The van der Waals surface area contributed by atoms with Crippen molar-refractivity contribution in [1.29, 1.82) is 0 Å². The predicted octanol–water partition coefficient (Wildman–Crippen LogP) is 5.06. The summed E-state index contributed by atoms with van der Waals surface area (Å²) in [5.74, 6) is 2.20. The van der Waals surface area contributed by atoms with E-state index in [9.17, 15) is 9.59 Å². The van der Waals surface area contributed by atoms with Gasteiger partial charge in [0, 0.05) is 29.3 Å². The van der Waals surface area contributed by atoms with Crippen LogP contribution in [0.5, 0.6) is 11.5 Å². The molecular formula is C28H23ClN4O4S. The number of carbonyl (C=O) groups is 2. The van der Waals surface area contributed by atoms with E-state index in [1.54, 1.807) is 0 Å². The van der Waals surface area contributed by atoms with Gasteiger partial charge in [0.2, 0.25) is 12.7 Å². The Morgan fingerprint density at radius 1 is 1.03 bits per heavy atom. The van der Waals surface area contributed by atoms with Crippen LogP contribution in [0.2, 0.25) is 5.02 Å². The standard InChI is InChI=1S/C28H23ClN4O4S/c29-19-8-5-17(6-9-19)15-38-28-31-21-4-2-1-3-20(21)26-32-27(35)22(33(26)28)10-12-25(34)30-14-18-7-11-23-24(13-18)37-16-36-23/h1-9,11,13,22H,10,12,14-16H2,(H,30,34). The van der Waals surface area contributed by atoms with Crippen molar-refractivity contribution in [3.8, 4) is 11.5 Å². The number of amides is 2. The average Bonchev–Trinajstić information content (AvgIpc) is 3.54. The maximum absolute atomic E-state index is 13.0. The molecule has 6 rings (SSSR count). The molecule has 2 amide bonds. The first-order chi connectivity index (χ1) is 18.5. The minimum atomic E-state index is -0.592. The molecule has 3 aliphatic heterocycles. The van der Waals surface area contributed by atoms with Gasteiger partial charge in [-0.15, -0.1) is 0 Å². The first kappa shape index (κ1) is 24.5. The Labute approximate surface area is 228 Å². The number of rotatable bonds is 7. The Bertz CT molecular complexity index is 1470. The van der Waals surface area contributed by atoms with E-state index in [1.807, 2.05) is 71.6 Å². The van der Waals surface area contributed by atoms with E-state index < -0.39 is 6.04 Å². The van der Waals surface area contributed by atoms with Gasteiger partial charge in [0.25, 0.3) is 5.91 Å². The first-order valence-electron chi connectivity index (χ1n) is 12.2. The fraction of sp³-hybridized carbons (Fsp3) is 0.214. The monoisotopic (exact) mass is 546 g/mol. The molecule has 0 bridgehead atoms. The number of nitrogens with zero attached hydrogens (tertiary/aromatic N) is 3. The SMILES string of the molecule is O=C(CCC1C(=O)N=C2c3ccccc3N=C(SCc3ccc(Cl)cc3)N21)NCc1ccc2c(c1)OCO2. The van der Waals surface area contributed by atoms with Gasteiger partial charge in [-0.2, -0.15) is 4.99 Å². The molecule has 0 spiro atoms. The second-order valence-corrected chi connectivity index (χ2v) is 10.4. The fourth-order valence-electron chi connectivity index (χ4n) is 4.51. The molecule has 1 N–H and O–H groups in total. The number of fused-ring (bicyclic) bond motifs is 4. The number of ether oxygens (including phenoxy) is 2. The lowest BCUT2D eigenvalue weighted by Gasteiger charge is -2.31. The predicted molar refractivity (Wildman–Crippen MR) is 147 cm³/mol. The summed E-state index contributed by atoms with van der Waals surface area (Å²) < 4.78 is 10.7. The lowest BCUT2D eigenvalue weighted by molar-refractivity contribution is -0.122. The number of benzene rings is 3. The number of amidine groups is 2. The van der Waals surface area contributed by atoms with Crippen molar-refractivity contribution in [3.05, 3.63) is 88.4 Å². The van der Waals surface area contributed by atoms with Crippen LogP contribution in [-0.2, 0) is 21.9 Å². The molecule has 0 aliphatic carbocycles. The number of thioether (sulfide) groups is 1.